The van der Waals surface area contributed by atoms with Crippen LogP contribution in [0.2, 0.25) is 4.34 Å². The smallest absolute Gasteiger partial charge is 0.252 e. The van der Waals surface area contributed by atoms with Crippen molar-refractivity contribution in [1.82, 2.24) is 9.21 Å². The van der Waals surface area contributed by atoms with E-state index in [0.717, 1.165) is 11.3 Å². The van der Waals surface area contributed by atoms with Crippen molar-refractivity contribution in [3.8, 4) is 0 Å². The molecule has 126 valence electrons. The third kappa shape index (κ3) is 4.74. The maximum atomic E-state index is 13.9. The minimum atomic E-state index is -3.72. The van der Waals surface area contributed by atoms with Crippen LogP contribution in [0.15, 0.2) is 40.6 Å². The van der Waals surface area contributed by atoms with E-state index in [-0.39, 0.29) is 17.3 Å². The molecule has 0 saturated heterocycles. The fourth-order valence-corrected chi connectivity index (χ4v) is 5.02. The van der Waals surface area contributed by atoms with E-state index in [1.165, 1.54) is 16.4 Å². The van der Waals surface area contributed by atoms with E-state index >= 15 is 0 Å². The molecule has 1 aromatic heterocycles. The van der Waals surface area contributed by atoms with Gasteiger partial charge in [0.15, 0.2) is 0 Å². The van der Waals surface area contributed by atoms with Crippen LogP contribution >= 0.6 is 22.9 Å². The van der Waals surface area contributed by atoms with E-state index in [1.54, 1.807) is 24.3 Å². The van der Waals surface area contributed by atoms with Gasteiger partial charge < -0.3 is 4.90 Å². The quantitative estimate of drug-likeness (QED) is 0.744. The monoisotopic (exact) mass is 376 g/mol. The van der Waals surface area contributed by atoms with E-state index in [2.05, 4.69) is 0 Å². The molecule has 0 aliphatic rings. The number of hydrogen-bond donors (Lipinski definition) is 0. The molecule has 0 amide bonds. The van der Waals surface area contributed by atoms with Crippen LogP contribution in [0.25, 0.3) is 0 Å². The van der Waals surface area contributed by atoms with Crippen LogP contribution in [0.4, 0.5) is 4.39 Å². The lowest BCUT2D eigenvalue weighted by atomic mass is 10.2. The van der Waals surface area contributed by atoms with Gasteiger partial charge in [-0.25, -0.2) is 12.8 Å². The normalized spacial score (nSPS) is 12.3. The Morgan fingerprint density at radius 2 is 1.83 bits per heavy atom. The number of benzene rings is 1. The van der Waals surface area contributed by atoms with Crippen LogP contribution in [0.5, 0.6) is 0 Å². The molecule has 2 aromatic rings. The fraction of sp³-hybridized carbons (Fsp3) is 0.333. The SMILES string of the molecule is CN(C)CCN(Cc1ccccc1F)S(=O)(=O)c1ccc(Cl)s1. The third-order valence-electron chi connectivity index (χ3n) is 3.24. The lowest BCUT2D eigenvalue weighted by molar-refractivity contribution is 0.327. The lowest BCUT2D eigenvalue weighted by Gasteiger charge is -2.23. The molecule has 0 bridgehead atoms. The molecular formula is C15H18ClFN2O2S2. The molecule has 0 spiro atoms. The molecule has 23 heavy (non-hydrogen) atoms. The summed E-state index contributed by atoms with van der Waals surface area (Å²) >= 11 is 6.85. The molecule has 0 aliphatic carbocycles. The van der Waals surface area contributed by atoms with Crippen LogP contribution in [0.1, 0.15) is 5.56 Å². The predicted octanol–water partition coefficient (Wildman–Crippen LogP) is 3.29. The van der Waals surface area contributed by atoms with Gasteiger partial charge in [0.2, 0.25) is 0 Å². The minimum Gasteiger partial charge on any atom is -0.308 e. The molecule has 0 atom stereocenters. The van der Waals surface area contributed by atoms with Gasteiger partial charge >= 0.3 is 0 Å². The van der Waals surface area contributed by atoms with Crippen molar-refractivity contribution in [2.24, 2.45) is 0 Å². The highest BCUT2D eigenvalue weighted by molar-refractivity contribution is 7.91. The van der Waals surface area contributed by atoms with Gasteiger partial charge in [0.1, 0.15) is 10.0 Å². The van der Waals surface area contributed by atoms with Crippen molar-refractivity contribution >= 4 is 33.0 Å². The molecule has 2 rings (SSSR count). The molecule has 0 unspecified atom stereocenters. The summed E-state index contributed by atoms with van der Waals surface area (Å²) < 4.78 is 41.4. The first-order valence-corrected chi connectivity index (χ1v) is 9.58. The Labute approximate surface area is 145 Å². The number of rotatable bonds is 7. The average Bonchev–Trinajstić information content (AvgIpc) is 2.92. The minimum absolute atomic E-state index is 0.0155. The largest absolute Gasteiger partial charge is 0.308 e. The topological polar surface area (TPSA) is 40.6 Å². The summed E-state index contributed by atoms with van der Waals surface area (Å²) in [4.78, 5) is 1.88. The second-order valence-electron chi connectivity index (χ2n) is 5.29. The van der Waals surface area contributed by atoms with Gasteiger partial charge in [-0.3, -0.25) is 0 Å². The second kappa shape index (κ2) is 7.72. The summed E-state index contributed by atoms with van der Waals surface area (Å²) in [6.07, 6.45) is 0. The Morgan fingerprint density at radius 3 is 2.39 bits per heavy atom. The number of sulfonamides is 1. The van der Waals surface area contributed by atoms with E-state index < -0.39 is 15.8 Å². The van der Waals surface area contributed by atoms with Gasteiger partial charge in [-0.2, -0.15) is 4.31 Å². The summed E-state index contributed by atoms with van der Waals surface area (Å²) in [5.41, 5.74) is 0.345. The molecule has 0 saturated carbocycles. The first kappa shape index (κ1) is 18.4. The van der Waals surface area contributed by atoms with Crippen LogP contribution in [-0.4, -0.2) is 44.8 Å². The van der Waals surface area contributed by atoms with Crippen LogP contribution in [0.3, 0.4) is 0 Å². The summed E-state index contributed by atoms with van der Waals surface area (Å²) in [6.45, 7) is 0.782. The van der Waals surface area contributed by atoms with Gasteiger partial charge in [0, 0.05) is 25.2 Å². The lowest BCUT2D eigenvalue weighted by Crippen LogP contribution is -2.36. The number of thiophene rings is 1. The highest BCUT2D eigenvalue weighted by atomic mass is 35.5. The molecule has 0 aliphatic heterocycles. The number of likely N-dealkylation sites (N-methyl/N-ethyl adjacent to an activating group) is 1. The highest BCUT2D eigenvalue weighted by Gasteiger charge is 2.27. The third-order valence-corrected chi connectivity index (χ3v) is 6.79. The van der Waals surface area contributed by atoms with Crippen molar-refractivity contribution in [3.05, 3.63) is 52.1 Å². The van der Waals surface area contributed by atoms with Crippen LogP contribution in [0, 0.1) is 5.82 Å². The van der Waals surface area contributed by atoms with Crippen LogP contribution < -0.4 is 0 Å². The molecule has 8 heteroatoms. The maximum Gasteiger partial charge on any atom is 0.252 e. The summed E-state index contributed by atoms with van der Waals surface area (Å²) in [7, 11) is -0.00268. The Hall–Kier alpha value is -0.990. The van der Waals surface area contributed by atoms with Crippen LogP contribution in [-0.2, 0) is 16.6 Å². The van der Waals surface area contributed by atoms with Gasteiger partial charge in [-0.15, -0.1) is 11.3 Å². The van der Waals surface area contributed by atoms with Gasteiger partial charge in [0.05, 0.1) is 4.34 Å². The number of hydrogen-bond acceptors (Lipinski definition) is 4. The molecule has 0 N–H and O–H groups in total. The van der Waals surface area contributed by atoms with Gasteiger partial charge in [0.25, 0.3) is 10.0 Å². The maximum absolute atomic E-state index is 13.9. The molecule has 0 radical (unpaired) electrons. The Morgan fingerprint density at radius 1 is 1.13 bits per heavy atom. The molecule has 4 nitrogen and oxygen atoms in total. The molecular weight excluding hydrogens is 359 g/mol. The number of halogens is 2. The van der Waals surface area contributed by atoms with Crippen molar-refractivity contribution in [2.45, 2.75) is 10.8 Å². The van der Waals surface area contributed by atoms with Gasteiger partial charge in [-0.05, 0) is 32.3 Å². The van der Waals surface area contributed by atoms with E-state index in [4.69, 9.17) is 11.6 Å². The molecule has 1 aromatic carbocycles. The van der Waals surface area contributed by atoms with E-state index in [0.29, 0.717) is 16.4 Å². The summed E-state index contributed by atoms with van der Waals surface area (Å²) in [6, 6.07) is 9.22. The van der Waals surface area contributed by atoms with Gasteiger partial charge in [-0.1, -0.05) is 29.8 Å². The van der Waals surface area contributed by atoms with E-state index in [9.17, 15) is 12.8 Å². The van der Waals surface area contributed by atoms with E-state index in [1.807, 2.05) is 19.0 Å². The molecule has 1 heterocycles. The standard InChI is InChI=1S/C15H18ClFN2O2S2/c1-18(2)9-10-19(11-12-5-3-4-6-13(12)17)23(20,21)15-8-7-14(16)22-15/h3-8H,9-11H2,1-2H3. The van der Waals surface area contributed by atoms with Crippen molar-refractivity contribution in [3.63, 3.8) is 0 Å². The Balaban J connectivity index is 2.32. The molecule has 0 fully saturated rings. The second-order valence-corrected chi connectivity index (χ2v) is 9.17. The van der Waals surface area contributed by atoms with Crippen molar-refractivity contribution in [1.29, 1.82) is 0 Å². The summed E-state index contributed by atoms with van der Waals surface area (Å²) in [5, 5.41) is 0. The fourth-order valence-electron chi connectivity index (χ4n) is 1.98. The number of nitrogens with zero attached hydrogens (tertiary/aromatic N) is 2. The van der Waals surface area contributed by atoms with Crippen molar-refractivity contribution < 1.29 is 12.8 Å². The zero-order chi connectivity index (χ0) is 17.0. The first-order valence-electron chi connectivity index (χ1n) is 6.94. The predicted molar refractivity (Wildman–Crippen MR) is 91.9 cm³/mol. The Bertz CT molecular complexity index is 762. The highest BCUT2D eigenvalue weighted by Crippen LogP contribution is 2.29. The zero-order valence-corrected chi connectivity index (χ0v) is 15.3. The zero-order valence-electron chi connectivity index (χ0n) is 12.9. The first-order chi connectivity index (χ1) is 10.8. The summed E-state index contributed by atoms with van der Waals surface area (Å²) in [5.74, 6) is -0.415. The Kier molecular flexibility index (Phi) is 6.16. The average molecular weight is 377 g/mol. The van der Waals surface area contributed by atoms with Crippen molar-refractivity contribution in [2.75, 3.05) is 27.2 Å².